The number of nitrogens with zero attached hydrogens (tertiary/aromatic N) is 1. The fraction of sp³-hybridized carbons (Fsp3) is 0.375. The van der Waals surface area contributed by atoms with Crippen molar-refractivity contribution in [2.75, 3.05) is 13.2 Å². The molecule has 0 amide bonds. The van der Waals surface area contributed by atoms with Crippen LogP contribution in [0.5, 0.6) is 0 Å². The van der Waals surface area contributed by atoms with Crippen molar-refractivity contribution in [3.63, 3.8) is 0 Å². The summed E-state index contributed by atoms with van der Waals surface area (Å²) in [7, 11) is 0. The summed E-state index contributed by atoms with van der Waals surface area (Å²) < 4.78 is 0. The zero-order chi connectivity index (χ0) is 8.65. The highest BCUT2D eigenvalue weighted by molar-refractivity contribution is 7.08. The fourth-order valence-electron chi connectivity index (χ4n) is 0.647. The van der Waals surface area contributed by atoms with E-state index < -0.39 is 0 Å². The third kappa shape index (κ3) is 3.50. The second-order valence-corrected chi connectivity index (χ2v) is 3.05. The van der Waals surface area contributed by atoms with Crippen molar-refractivity contribution in [3.8, 4) is 0 Å². The van der Waals surface area contributed by atoms with E-state index in [9.17, 15) is 0 Å². The van der Waals surface area contributed by atoms with Gasteiger partial charge < -0.3 is 10.6 Å². The zero-order valence-electron chi connectivity index (χ0n) is 6.77. The quantitative estimate of drug-likeness (QED) is 0.427. The van der Waals surface area contributed by atoms with E-state index in [4.69, 9.17) is 10.6 Å². The lowest BCUT2D eigenvalue weighted by Gasteiger charge is -1.94. The normalized spacial score (nSPS) is 10.8. The average Bonchev–Trinajstić information content (AvgIpc) is 2.57. The smallest absolute Gasteiger partial charge is 0.118 e. The van der Waals surface area contributed by atoms with Crippen LogP contribution in [0.15, 0.2) is 22.0 Å². The van der Waals surface area contributed by atoms with Gasteiger partial charge in [-0.25, -0.2) is 0 Å². The molecule has 0 radical (unpaired) electrons. The van der Waals surface area contributed by atoms with Crippen molar-refractivity contribution in [2.45, 2.75) is 6.42 Å². The number of rotatable bonds is 5. The predicted octanol–water partition coefficient (Wildman–Crippen LogP) is 1.45. The van der Waals surface area contributed by atoms with E-state index in [-0.39, 0.29) is 0 Å². The third-order valence-corrected chi connectivity index (χ3v) is 1.96. The molecular weight excluding hydrogens is 172 g/mol. The SMILES string of the molecule is NCCCON=Cc1ccsc1. The molecule has 0 atom stereocenters. The molecule has 1 rings (SSSR count). The molecule has 3 nitrogen and oxygen atoms in total. The molecule has 0 aliphatic heterocycles. The van der Waals surface area contributed by atoms with E-state index in [1.54, 1.807) is 17.6 Å². The highest BCUT2D eigenvalue weighted by atomic mass is 32.1. The molecule has 0 aliphatic carbocycles. The van der Waals surface area contributed by atoms with E-state index in [1.165, 1.54) is 0 Å². The maximum atomic E-state index is 5.28. The highest BCUT2D eigenvalue weighted by Gasteiger charge is 1.85. The molecule has 1 heterocycles. The molecule has 4 heteroatoms. The van der Waals surface area contributed by atoms with Crippen LogP contribution in [0.25, 0.3) is 0 Å². The number of hydrogen-bond acceptors (Lipinski definition) is 4. The van der Waals surface area contributed by atoms with Gasteiger partial charge in [0.15, 0.2) is 0 Å². The molecule has 0 saturated heterocycles. The van der Waals surface area contributed by atoms with Crippen molar-refractivity contribution in [1.82, 2.24) is 0 Å². The molecule has 66 valence electrons. The Bertz CT molecular complexity index is 221. The van der Waals surface area contributed by atoms with Crippen molar-refractivity contribution < 1.29 is 4.84 Å². The Kier molecular flexibility index (Phi) is 4.41. The van der Waals surface area contributed by atoms with Gasteiger partial charge in [-0.05, 0) is 29.8 Å². The van der Waals surface area contributed by atoms with Gasteiger partial charge in [0.05, 0.1) is 6.21 Å². The standard InChI is InChI=1S/C8H12N2OS/c9-3-1-4-11-10-6-8-2-5-12-7-8/h2,5-7H,1,3-4,9H2. The van der Waals surface area contributed by atoms with Crippen LogP contribution in [0, 0.1) is 0 Å². The lowest BCUT2D eigenvalue weighted by atomic mass is 10.4. The monoisotopic (exact) mass is 184 g/mol. The summed E-state index contributed by atoms with van der Waals surface area (Å²) in [6.45, 7) is 1.24. The van der Waals surface area contributed by atoms with Crippen LogP contribution in [-0.4, -0.2) is 19.4 Å². The first-order chi connectivity index (χ1) is 5.93. The summed E-state index contributed by atoms with van der Waals surface area (Å²) in [5.74, 6) is 0. The summed E-state index contributed by atoms with van der Waals surface area (Å²) in [5, 5.41) is 7.79. The number of hydrogen-bond donors (Lipinski definition) is 1. The largest absolute Gasteiger partial charge is 0.396 e. The lowest BCUT2D eigenvalue weighted by molar-refractivity contribution is 0.145. The van der Waals surface area contributed by atoms with E-state index >= 15 is 0 Å². The second-order valence-electron chi connectivity index (χ2n) is 2.27. The second kappa shape index (κ2) is 5.74. The molecule has 0 aliphatic rings. The first kappa shape index (κ1) is 9.22. The maximum absolute atomic E-state index is 5.28. The topological polar surface area (TPSA) is 47.6 Å². The Hall–Kier alpha value is -0.870. The molecule has 12 heavy (non-hydrogen) atoms. The molecule has 0 saturated carbocycles. The summed E-state index contributed by atoms with van der Waals surface area (Å²) >= 11 is 1.64. The molecule has 1 aromatic heterocycles. The van der Waals surface area contributed by atoms with Crippen LogP contribution >= 0.6 is 11.3 Å². The van der Waals surface area contributed by atoms with Crippen LogP contribution in [0.2, 0.25) is 0 Å². The van der Waals surface area contributed by atoms with Crippen molar-refractivity contribution in [3.05, 3.63) is 22.4 Å². The minimum absolute atomic E-state index is 0.594. The molecule has 0 aromatic carbocycles. The predicted molar refractivity (Wildman–Crippen MR) is 51.5 cm³/mol. The van der Waals surface area contributed by atoms with Crippen LogP contribution in [0.1, 0.15) is 12.0 Å². The molecule has 0 spiro atoms. The van der Waals surface area contributed by atoms with Gasteiger partial charge in [-0.2, -0.15) is 11.3 Å². The first-order valence-electron chi connectivity index (χ1n) is 3.81. The molecular formula is C8H12N2OS. The Morgan fingerprint density at radius 1 is 1.67 bits per heavy atom. The van der Waals surface area contributed by atoms with Crippen LogP contribution in [0.4, 0.5) is 0 Å². The lowest BCUT2D eigenvalue weighted by Crippen LogP contribution is -2.02. The van der Waals surface area contributed by atoms with E-state index in [2.05, 4.69) is 5.16 Å². The molecule has 0 fully saturated rings. The van der Waals surface area contributed by atoms with Gasteiger partial charge in [0.2, 0.25) is 0 Å². The van der Waals surface area contributed by atoms with Crippen LogP contribution < -0.4 is 5.73 Å². The average molecular weight is 184 g/mol. The minimum atomic E-state index is 0.594. The Morgan fingerprint density at radius 3 is 3.25 bits per heavy atom. The van der Waals surface area contributed by atoms with E-state index in [1.807, 2.05) is 16.8 Å². The summed E-state index contributed by atoms with van der Waals surface area (Å²) in [6.07, 6.45) is 2.55. The van der Waals surface area contributed by atoms with Gasteiger partial charge >= 0.3 is 0 Å². The molecule has 0 bridgehead atoms. The zero-order valence-corrected chi connectivity index (χ0v) is 7.59. The Labute approximate surface area is 75.8 Å². The van der Waals surface area contributed by atoms with Gasteiger partial charge in [-0.1, -0.05) is 5.16 Å². The van der Waals surface area contributed by atoms with Crippen molar-refractivity contribution in [1.29, 1.82) is 0 Å². The Morgan fingerprint density at radius 2 is 2.58 bits per heavy atom. The number of nitrogens with two attached hydrogens (primary N) is 1. The summed E-state index contributed by atoms with van der Waals surface area (Å²) in [4.78, 5) is 4.94. The van der Waals surface area contributed by atoms with Crippen molar-refractivity contribution >= 4 is 17.6 Å². The third-order valence-electron chi connectivity index (χ3n) is 1.26. The molecule has 2 N–H and O–H groups in total. The Balaban J connectivity index is 2.14. The highest BCUT2D eigenvalue weighted by Crippen LogP contribution is 2.02. The maximum Gasteiger partial charge on any atom is 0.118 e. The number of oxime groups is 1. The van der Waals surface area contributed by atoms with Gasteiger partial charge in [0.25, 0.3) is 0 Å². The van der Waals surface area contributed by atoms with E-state index in [0.717, 1.165) is 12.0 Å². The van der Waals surface area contributed by atoms with Crippen LogP contribution in [-0.2, 0) is 4.84 Å². The van der Waals surface area contributed by atoms with Gasteiger partial charge in [-0.15, -0.1) is 0 Å². The number of thiophene rings is 1. The summed E-state index contributed by atoms with van der Waals surface area (Å²) in [5.41, 5.74) is 6.35. The minimum Gasteiger partial charge on any atom is -0.396 e. The summed E-state index contributed by atoms with van der Waals surface area (Å²) in [6, 6.07) is 1.99. The van der Waals surface area contributed by atoms with Crippen molar-refractivity contribution in [2.24, 2.45) is 10.9 Å². The van der Waals surface area contributed by atoms with Crippen LogP contribution in [0.3, 0.4) is 0 Å². The van der Waals surface area contributed by atoms with E-state index in [0.29, 0.717) is 13.2 Å². The van der Waals surface area contributed by atoms with Gasteiger partial charge in [0, 0.05) is 5.56 Å². The fourth-order valence-corrected chi connectivity index (χ4v) is 1.26. The van der Waals surface area contributed by atoms with Gasteiger partial charge in [-0.3, -0.25) is 0 Å². The molecule has 1 aromatic rings. The first-order valence-corrected chi connectivity index (χ1v) is 4.75. The van der Waals surface area contributed by atoms with Gasteiger partial charge in [0.1, 0.15) is 6.61 Å². The molecule has 0 unspecified atom stereocenters.